The summed E-state index contributed by atoms with van der Waals surface area (Å²) in [6, 6.07) is 0. The van der Waals surface area contributed by atoms with Crippen LogP contribution in [-0.4, -0.2) is 29.5 Å². The first-order valence-corrected chi connectivity index (χ1v) is 6.07. The minimum Gasteiger partial charge on any atom is -0.348 e. The zero-order chi connectivity index (χ0) is 11.5. The van der Waals surface area contributed by atoms with Crippen LogP contribution in [0.5, 0.6) is 0 Å². The van der Waals surface area contributed by atoms with E-state index in [0.29, 0.717) is 12.5 Å². The summed E-state index contributed by atoms with van der Waals surface area (Å²) in [6.07, 6.45) is 3.54. The van der Waals surface area contributed by atoms with Crippen molar-refractivity contribution >= 4 is 21.5 Å². The first-order valence-electron chi connectivity index (χ1n) is 5.26. The Kier molecular flexibility index (Phi) is 3.35. The Morgan fingerprint density at radius 2 is 2.56 bits per heavy atom. The molecular formula is C9H14N4O2S. The Morgan fingerprint density at radius 1 is 1.75 bits per heavy atom. The first kappa shape index (κ1) is 11.3. The number of anilines is 1. The van der Waals surface area contributed by atoms with Gasteiger partial charge < -0.3 is 10.6 Å². The molecule has 88 valence electrons. The highest BCUT2D eigenvalue weighted by atomic mass is 32.1. The van der Waals surface area contributed by atoms with Crippen molar-refractivity contribution in [3.05, 3.63) is 16.3 Å². The summed E-state index contributed by atoms with van der Waals surface area (Å²) in [5.74, 6) is 0.483. The number of rotatable bonds is 3. The number of nitrogens with two attached hydrogens (primary N) is 1. The van der Waals surface area contributed by atoms with Gasteiger partial charge in [0.15, 0.2) is 5.13 Å². The second-order valence-electron chi connectivity index (χ2n) is 3.93. The second kappa shape index (κ2) is 4.75. The molecule has 1 atom stereocenters. The van der Waals surface area contributed by atoms with Gasteiger partial charge in [0.1, 0.15) is 6.20 Å². The Labute approximate surface area is 97.2 Å². The fourth-order valence-electron chi connectivity index (χ4n) is 1.92. The molecule has 2 heterocycles. The average molecular weight is 242 g/mol. The van der Waals surface area contributed by atoms with E-state index in [1.807, 2.05) is 0 Å². The van der Waals surface area contributed by atoms with Gasteiger partial charge in [0.2, 0.25) is 0 Å². The van der Waals surface area contributed by atoms with Crippen molar-refractivity contribution in [1.29, 1.82) is 0 Å². The molecule has 1 unspecified atom stereocenters. The topological polar surface area (TPSA) is 85.3 Å². The van der Waals surface area contributed by atoms with Crippen LogP contribution in [0, 0.1) is 16.0 Å². The van der Waals surface area contributed by atoms with E-state index in [1.165, 1.54) is 6.20 Å². The van der Waals surface area contributed by atoms with E-state index in [2.05, 4.69) is 9.88 Å². The van der Waals surface area contributed by atoms with E-state index in [4.69, 9.17) is 5.73 Å². The summed E-state index contributed by atoms with van der Waals surface area (Å²) in [7, 11) is 0. The minimum absolute atomic E-state index is 0.102. The van der Waals surface area contributed by atoms with E-state index < -0.39 is 4.92 Å². The summed E-state index contributed by atoms with van der Waals surface area (Å²) >= 11 is 1.13. The van der Waals surface area contributed by atoms with Gasteiger partial charge in [-0.1, -0.05) is 0 Å². The SMILES string of the molecule is NCC1CCCN(c2ncc([N+](=O)[O-])s2)C1. The molecule has 1 aromatic heterocycles. The zero-order valence-corrected chi connectivity index (χ0v) is 9.65. The van der Waals surface area contributed by atoms with Crippen molar-refractivity contribution in [3.63, 3.8) is 0 Å². The van der Waals surface area contributed by atoms with Gasteiger partial charge in [-0.2, -0.15) is 0 Å². The third-order valence-corrected chi connectivity index (χ3v) is 3.79. The molecule has 0 bridgehead atoms. The average Bonchev–Trinajstić information content (AvgIpc) is 2.78. The highest BCUT2D eigenvalue weighted by molar-refractivity contribution is 7.18. The predicted molar refractivity (Wildman–Crippen MR) is 62.8 cm³/mol. The van der Waals surface area contributed by atoms with Gasteiger partial charge in [-0.05, 0) is 36.6 Å². The fourth-order valence-corrected chi connectivity index (χ4v) is 2.69. The molecular weight excluding hydrogens is 228 g/mol. The standard InChI is InChI=1S/C9H14N4O2S/c10-4-7-2-1-3-12(6-7)9-11-5-8(16-9)13(14)15/h5,7H,1-4,6,10H2. The summed E-state index contributed by atoms with van der Waals surface area (Å²) in [5, 5.41) is 11.4. The van der Waals surface area contributed by atoms with Gasteiger partial charge in [0.05, 0.1) is 4.92 Å². The van der Waals surface area contributed by atoms with Crippen LogP contribution in [0.3, 0.4) is 0 Å². The molecule has 7 heteroatoms. The number of nitro groups is 1. The van der Waals surface area contributed by atoms with Crippen molar-refractivity contribution in [3.8, 4) is 0 Å². The lowest BCUT2D eigenvalue weighted by atomic mass is 9.99. The maximum atomic E-state index is 10.6. The lowest BCUT2D eigenvalue weighted by Crippen LogP contribution is -2.38. The van der Waals surface area contributed by atoms with Crippen LogP contribution in [0.1, 0.15) is 12.8 Å². The van der Waals surface area contributed by atoms with Crippen molar-refractivity contribution < 1.29 is 4.92 Å². The molecule has 1 aromatic rings. The molecule has 0 spiro atoms. The monoisotopic (exact) mass is 242 g/mol. The largest absolute Gasteiger partial charge is 0.348 e. The van der Waals surface area contributed by atoms with Crippen LogP contribution in [0.25, 0.3) is 0 Å². The number of piperidine rings is 1. The maximum absolute atomic E-state index is 10.6. The second-order valence-corrected chi connectivity index (χ2v) is 4.92. The molecule has 2 rings (SSSR count). The Bertz CT molecular complexity index is 381. The summed E-state index contributed by atoms with van der Waals surface area (Å²) in [6.45, 7) is 2.45. The molecule has 1 fully saturated rings. The van der Waals surface area contributed by atoms with Gasteiger partial charge in [-0.15, -0.1) is 0 Å². The summed E-state index contributed by atoms with van der Waals surface area (Å²) in [4.78, 5) is 16.3. The predicted octanol–water partition coefficient (Wildman–Crippen LogP) is 1.23. The van der Waals surface area contributed by atoms with Crippen molar-refractivity contribution in [2.24, 2.45) is 11.7 Å². The van der Waals surface area contributed by atoms with Crippen LogP contribution in [0.2, 0.25) is 0 Å². The molecule has 0 aromatic carbocycles. The van der Waals surface area contributed by atoms with Crippen LogP contribution in [0.15, 0.2) is 6.20 Å². The van der Waals surface area contributed by atoms with Crippen LogP contribution >= 0.6 is 11.3 Å². The van der Waals surface area contributed by atoms with Gasteiger partial charge in [-0.3, -0.25) is 10.1 Å². The van der Waals surface area contributed by atoms with Crippen molar-refractivity contribution in [2.75, 3.05) is 24.5 Å². The number of hydrogen-bond acceptors (Lipinski definition) is 6. The van der Waals surface area contributed by atoms with Crippen LogP contribution in [-0.2, 0) is 0 Å². The molecule has 1 saturated heterocycles. The van der Waals surface area contributed by atoms with E-state index in [0.717, 1.165) is 42.4 Å². The Morgan fingerprint density at radius 3 is 3.19 bits per heavy atom. The molecule has 1 aliphatic rings. The molecule has 1 aliphatic heterocycles. The number of aromatic nitrogens is 1. The first-order chi connectivity index (χ1) is 7.70. The molecule has 0 radical (unpaired) electrons. The quantitative estimate of drug-likeness (QED) is 0.636. The van der Waals surface area contributed by atoms with Gasteiger partial charge in [0, 0.05) is 13.1 Å². The van der Waals surface area contributed by atoms with E-state index in [1.54, 1.807) is 0 Å². The molecule has 0 amide bonds. The Hall–Kier alpha value is -1.21. The minimum atomic E-state index is -0.397. The highest BCUT2D eigenvalue weighted by Gasteiger charge is 2.22. The molecule has 0 aliphatic carbocycles. The van der Waals surface area contributed by atoms with Crippen molar-refractivity contribution in [2.45, 2.75) is 12.8 Å². The number of hydrogen-bond donors (Lipinski definition) is 1. The van der Waals surface area contributed by atoms with E-state index in [9.17, 15) is 10.1 Å². The molecule has 6 nitrogen and oxygen atoms in total. The van der Waals surface area contributed by atoms with Crippen LogP contribution < -0.4 is 10.6 Å². The summed E-state index contributed by atoms with van der Waals surface area (Å²) < 4.78 is 0. The molecule has 0 saturated carbocycles. The Balaban J connectivity index is 2.08. The van der Waals surface area contributed by atoms with E-state index in [-0.39, 0.29) is 5.00 Å². The fraction of sp³-hybridized carbons (Fsp3) is 0.667. The smallest absolute Gasteiger partial charge is 0.345 e. The van der Waals surface area contributed by atoms with E-state index >= 15 is 0 Å². The normalized spacial score (nSPS) is 21.1. The van der Waals surface area contributed by atoms with Gasteiger partial charge in [0.25, 0.3) is 0 Å². The zero-order valence-electron chi connectivity index (χ0n) is 8.83. The third-order valence-electron chi connectivity index (χ3n) is 2.78. The number of nitrogens with zero attached hydrogens (tertiary/aromatic N) is 3. The van der Waals surface area contributed by atoms with Crippen molar-refractivity contribution in [1.82, 2.24) is 4.98 Å². The highest BCUT2D eigenvalue weighted by Crippen LogP contribution is 2.30. The summed E-state index contributed by atoms with van der Waals surface area (Å²) in [5.41, 5.74) is 5.65. The maximum Gasteiger partial charge on any atom is 0.345 e. The van der Waals surface area contributed by atoms with Crippen LogP contribution in [0.4, 0.5) is 10.1 Å². The lowest BCUT2D eigenvalue weighted by Gasteiger charge is -2.31. The number of thiazole rings is 1. The molecule has 2 N–H and O–H groups in total. The third kappa shape index (κ3) is 2.30. The van der Waals surface area contributed by atoms with Gasteiger partial charge >= 0.3 is 5.00 Å². The van der Waals surface area contributed by atoms with Gasteiger partial charge in [-0.25, -0.2) is 4.98 Å². The molecule has 16 heavy (non-hydrogen) atoms. The lowest BCUT2D eigenvalue weighted by molar-refractivity contribution is -0.380.